The van der Waals surface area contributed by atoms with E-state index in [4.69, 9.17) is 0 Å². The highest BCUT2D eigenvalue weighted by atomic mass is 14.9. The standard InChI is InChI=1S/C19H31N/c1-5-7-16(14-20-19(2,3)4)12-15-10-11-17-8-6-9-18(17)13-15/h10-11,13,16,20H,5-9,12,14H2,1-4H3. The van der Waals surface area contributed by atoms with Crippen molar-refractivity contribution in [1.82, 2.24) is 5.32 Å². The summed E-state index contributed by atoms with van der Waals surface area (Å²) in [7, 11) is 0. The number of aryl methyl sites for hydroxylation is 2. The van der Waals surface area contributed by atoms with Crippen LogP contribution in [0.1, 0.15) is 63.6 Å². The van der Waals surface area contributed by atoms with Crippen molar-refractivity contribution in [2.24, 2.45) is 5.92 Å². The van der Waals surface area contributed by atoms with Crippen LogP contribution in [0.25, 0.3) is 0 Å². The Balaban J connectivity index is 1.96. The Kier molecular flexibility index (Phi) is 5.26. The minimum absolute atomic E-state index is 0.226. The fourth-order valence-corrected chi connectivity index (χ4v) is 3.22. The monoisotopic (exact) mass is 273 g/mol. The van der Waals surface area contributed by atoms with Crippen molar-refractivity contribution in [3.8, 4) is 0 Å². The highest BCUT2D eigenvalue weighted by Crippen LogP contribution is 2.24. The molecule has 1 aliphatic rings. The van der Waals surface area contributed by atoms with Crippen molar-refractivity contribution in [1.29, 1.82) is 0 Å². The van der Waals surface area contributed by atoms with Gasteiger partial charge in [-0.15, -0.1) is 0 Å². The normalized spacial score (nSPS) is 16.2. The fraction of sp³-hybridized carbons (Fsp3) is 0.684. The molecule has 1 aromatic rings. The summed E-state index contributed by atoms with van der Waals surface area (Å²) in [6.45, 7) is 10.2. The molecular weight excluding hydrogens is 242 g/mol. The third-order valence-corrected chi connectivity index (χ3v) is 4.31. The van der Waals surface area contributed by atoms with E-state index in [1.165, 1.54) is 38.5 Å². The van der Waals surface area contributed by atoms with Crippen LogP contribution < -0.4 is 5.32 Å². The lowest BCUT2D eigenvalue weighted by Crippen LogP contribution is -2.39. The molecule has 0 fully saturated rings. The molecule has 0 heterocycles. The molecule has 0 spiro atoms. The first kappa shape index (κ1) is 15.6. The molecule has 1 heteroatoms. The minimum Gasteiger partial charge on any atom is -0.312 e. The van der Waals surface area contributed by atoms with Crippen LogP contribution in [0, 0.1) is 5.92 Å². The molecule has 0 saturated heterocycles. The summed E-state index contributed by atoms with van der Waals surface area (Å²) < 4.78 is 0. The molecule has 1 aliphatic carbocycles. The topological polar surface area (TPSA) is 12.0 Å². The summed E-state index contributed by atoms with van der Waals surface area (Å²) in [5, 5.41) is 3.68. The number of fused-ring (bicyclic) bond motifs is 1. The fourth-order valence-electron chi connectivity index (χ4n) is 3.22. The number of hydrogen-bond acceptors (Lipinski definition) is 1. The van der Waals surface area contributed by atoms with E-state index in [1.807, 2.05) is 0 Å². The van der Waals surface area contributed by atoms with Crippen molar-refractivity contribution in [2.45, 2.75) is 71.8 Å². The minimum atomic E-state index is 0.226. The van der Waals surface area contributed by atoms with Gasteiger partial charge in [-0.05, 0) is 82.0 Å². The second-order valence-corrected chi connectivity index (χ2v) is 7.45. The Morgan fingerprint density at radius 1 is 1.15 bits per heavy atom. The van der Waals surface area contributed by atoms with E-state index in [1.54, 1.807) is 16.7 Å². The van der Waals surface area contributed by atoms with Crippen LogP contribution in [0.4, 0.5) is 0 Å². The van der Waals surface area contributed by atoms with Gasteiger partial charge in [0.2, 0.25) is 0 Å². The third kappa shape index (κ3) is 4.63. The van der Waals surface area contributed by atoms with E-state index in [2.05, 4.69) is 51.2 Å². The Morgan fingerprint density at radius 2 is 1.90 bits per heavy atom. The van der Waals surface area contributed by atoms with E-state index in [9.17, 15) is 0 Å². The molecule has 2 rings (SSSR count). The van der Waals surface area contributed by atoms with Gasteiger partial charge in [-0.3, -0.25) is 0 Å². The summed E-state index contributed by atoms with van der Waals surface area (Å²) in [6, 6.07) is 7.21. The van der Waals surface area contributed by atoms with Gasteiger partial charge < -0.3 is 5.32 Å². The first-order valence-corrected chi connectivity index (χ1v) is 8.33. The van der Waals surface area contributed by atoms with Gasteiger partial charge in [0.05, 0.1) is 0 Å². The van der Waals surface area contributed by atoms with E-state index in [-0.39, 0.29) is 5.54 Å². The average Bonchev–Trinajstić information content (AvgIpc) is 2.82. The number of rotatable bonds is 6. The molecule has 0 radical (unpaired) electrons. The van der Waals surface area contributed by atoms with Gasteiger partial charge in [0.1, 0.15) is 0 Å². The van der Waals surface area contributed by atoms with Crippen molar-refractivity contribution < 1.29 is 0 Å². The largest absolute Gasteiger partial charge is 0.312 e. The second kappa shape index (κ2) is 6.76. The van der Waals surface area contributed by atoms with Crippen LogP contribution in [0.2, 0.25) is 0 Å². The van der Waals surface area contributed by atoms with Gasteiger partial charge in [0, 0.05) is 5.54 Å². The molecule has 1 unspecified atom stereocenters. The van der Waals surface area contributed by atoms with E-state index in [0.29, 0.717) is 0 Å². The first-order chi connectivity index (χ1) is 9.48. The summed E-state index contributed by atoms with van der Waals surface area (Å²) >= 11 is 0. The molecule has 1 aromatic carbocycles. The molecule has 1 N–H and O–H groups in total. The summed E-state index contributed by atoms with van der Waals surface area (Å²) in [5.74, 6) is 0.763. The molecule has 1 atom stereocenters. The van der Waals surface area contributed by atoms with Crippen LogP contribution in [0.3, 0.4) is 0 Å². The Labute approximate surface area is 125 Å². The van der Waals surface area contributed by atoms with Gasteiger partial charge in [-0.1, -0.05) is 31.5 Å². The van der Waals surface area contributed by atoms with Gasteiger partial charge in [0.15, 0.2) is 0 Å². The van der Waals surface area contributed by atoms with Gasteiger partial charge in [0.25, 0.3) is 0 Å². The summed E-state index contributed by atoms with van der Waals surface area (Å²) in [4.78, 5) is 0. The third-order valence-electron chi connectivity index (χ3n) is 4.31. The zero-order valence-corrected chi connectivity index (χ0v) is 13.8. The molecule has 1 nitrogen and oxygen atoms in total. The van der Waals surface area contributed by atoms with E-state index in [0.717, 1.165) is 12.5 Å². The molecule has 0 amide bonds. The maximum Gasteiger partial charge on any atom is 0.00966 e. The maximum absolute atomic E-state index is 3.68. The smallest absolute Gasteiger partial charge is 0.00966 e. The van der Waals surface area contributed by atoms with Gasteiger partial charge >= 0.3 is 0 Å². The maximum atomic E-state index is 3.68. The number of nitrogens with one attached hydrogen (secondary N) is 1. The van der Waals surface area contributed by atoms with Crippen LogP contribution in [-0.2, 0) is 19.3 Å². The summed E-state index contributed by atoms with van der Waals surface area (Å²) in [5.41, 5.74) is 4.97. The Bertz CT molecular complexity index is 428. The zero-order valence-electron chi connectivity index (χ0n) is 13.8. The van der Waals surface area contributed by atoms with E-state index >= 15 is 0 Å². The number of benzene rings is 1. The van der Waals surface area contributed by atoms with Crippen LogP contribution in [-0.4, -0.2) is 12.1 Å². The zero-order chi connectivity index (χ0) is 14.6. The predicted octanol–water partition coefficient (Wildman–Crippen LogP) is 4.52. The van der Waals surface area contributed by atoms with Crippen LogP contribution in [0.5, 0.6) is 0 Å². The van der Waals surface area contributed by atoms with Crippen LogP contribution >= 0.6 is 0 Å². The Hall–Kier alpha value is -0.820. The van der Waals surface area contributed by atoms with Gasteiger partial charge in [-0.2, -0.15) is 0 Å². The van der Waals surface area contributed by atoms with Gasteiger partial charge in [-0.25, -0.2) is 0 Å². The highest BCUT2D eigenvalue weighted by Gasteiger charge is 2.16. The van der Waals surface area contributed by atoms with Crippen LogP contribution in [0.15, 0.2) is 18.2 Å². The summed E-state index contributed by atoms with van der Waals surface area (Å²) in [6.07, 6.45) is 7.76. The van der Waals surface area contributed by atoms with E-state index < -0.39 is 0 Å². The van der Waals surface area contributed by atoms with Crippen molar-refractivity contribution in [2.75, 3.05) is 6.54 Å². The lowest BCUT2D eigenvalue weighted by molar-refractivity contribution is 0.355. The second-order valence-electron chi connectivity index (χ2n) is 7.45. The molecule has 0 aliphatic heterocycles. The number of hydrogen-bond donors (Lipinski definition) is 1. The SMILES string of the molecule is CCCC(CNC(C)(C)C)Cc1ccc2c(c1)CCC2. The molecular formula is C19H31N. The molecule has 0 bridgehead atoms. The Morgan fingerprint density at radius 3 is 2.60 bits per heavy atom. The molecule has 0 saturated carbocycles. The predicted molar refractivity (Wildman–Crippen MR) is 88.3 cm³/mol. The molecule has 112 valence electrons. The van der Waals surface area contributed by atoms with Crippen molar-refractivity contribution in [3.05, 3.63) is 34.9 Å². The average molecular weight is 273 g/mol. The lowest BCUT2D eigenvalue weighted by atomic mass is 9.92. The first-order valence-electron chi connectivity index (χ1n) is 8.33. The molecule has 20 heavy (non-hydrogen) atoms. The van der Waals surface area contributed by atoms with Crippen molar-refractivity contribution in [3.63, 3.8) is 0 Å². The highest BCUT2D eigenvalue weighted by molar-refractivity contribution is 5.35. The lowest BCUT2D eigenvalue weighted by Gasteiger charge is -2.25. The quantitative estimate of drug-likeness (QED) is 0.803. The van der Waals surface area contributed by atoms with Crippen molar-refractivity contribution >= 4 is 0 Å². The molecule has 0 aromatic heterocycles.